The number of ether oxygens (including phenoxy) is 1. The summed E-state index contributed by atoms with van der Waals surface area (Å²) in [6, 6.07) is 18.1. The van der Waals surface area contributed by atoms with Gasteiger partial charge in [0.1, 0.15) is 12.3 Å². The number of nitrogens with two attached hydrogens (primary N) is 1. The number of halogens is 1. The number of piperidine rings is 1. The molecule has 0 unspecified atom stereocenters. The fourth-order valence-electron chi connectivity index (χ4n) is 3.66. The van der Waals surface area contributed by atoms with E-state index in [1.807, 2.05) is 49.1 Å². The molecule has 0 aromatic heterocycles. The number of benzene rings is 2. The molecule has 31 heavy (non-hydrogen) atoms. The number of carbonyl (C=O) groups is 1. The number of likely N-dealkylation sites (tertiary alicyclic amines) is 1. The van der Waals surface area contributed by atoms with Gasteiger partial charge in [0.05, 0.1) is 6.10 Å². The highest BCUT2D eigenvalue weighted by atomic mass is 127. The Labute approximate surface area is 202 Å². The van der Waals surface area contributed by atoms with Crippen LogP contribution in [0.3, 0.4) is 0 Å². The molecule has 0 saturated carbocycles. The quantitative estimate of drug-likeness (QED) is 0.314. The number of carbonyl (C=O) groups excluding carboxylic acids is 1. The zero-order valence-electron chi connectivity index (χ0n) is 18.3. The lowest BCUT2D eigenvalue weighted by molar-refractivity contribution is -0.130. The Bertz CT molecular complexity index is 832. The molecular weight excluding hydrogens is 503 g/mol. The molecule has 0 atom stereocenters. The van der Waals surface area contributed by atoms with Gasteiger partial charge in [-0.1, -0.05) is 30.3 Å². The highest BCUT2D eigenvalue weighted by Crippen LogP contribution is 2.22. The minimum absolute atomic E-state index is 0. The van der Waals surface area contributed by atoms with Crippen LogP contribution in [-0.4, -0.2) is 42.5 Å². The van der Waals surface area contributed by atoms with Crippen LogP contribution in [0.2, 0.25) is 0 Å². The van der Waals surface area contributed by atoms with E-state index >= 15 is 0 Å². The van der Waals surface area contributed by atoms with Gasteiger partial charge in [-0.2, -0.15) is 0 Å². The molecule has 0 aliphatic carbocycles. The minimum atomic E-state index is 0. The summed E-state index contributed by atoms with van der Waals surface area (Å²) in [6.45, 7) is 5.61. The molecule has 6 nitrogen and oxygen atoms in total. The molecule has 0 spiro atoms. The molecule has 1 heterocycles. The molecule has 1 amide bonds. The second-order valence-electron chi connectivity index (χ2n) is 8.03. The van der Waals surface area contributed by atoms with Crippen molar-refractivity contribution in [2.24, 2.45) is 16.6 Å². The van der Waals surface area contributed by atoms with Gasteiger partial charge in [-0.05, 0) is 68.9 Å². The molecule has 2 aromatic carbocycles. The predicted molar refractivity (Wildman–Crippen MR) is 137 cm³/mol. The van der Waals surface area contributed by atoms with Gasteiger partial charge in [0.15, 0.2) is 5.96 Å². The van der Waals surface area contributed by atoms with Gasteiger partial charge in [0.2, 0.25) is 5.91 Å². The van der Waals surface area contributed by atoms with Gasteiger partial charge >= 0.3 is 0 Å². The van der Waals surface area contributed by atoms with Crippen LogP contribution < -0.4 is 15.8 Å². The lowest BCUT2D eigenvalue weighted by Gasteiger charge is -2.31. The average molecular weight is 536 g/mol. The number of amides is 1. The van der Waals surface area contributed by atoms with Crippen LogP contribution in [0.4, 0.5) is 5.69 Å². The van der Waals surface area contributed by atoms with Gasteiger partial charge in [0, 0.05) is 18.8 Å². The molecule has 1 fully saturated rings. The molecule has 3 N–H and O–H groups in total. The van der Waals surface area contributed by atoms with Crippen LogP contribution in [0, 0.1) is 5.92 Å². The Kier molecular flexibility index (Phi) is 10.1. The third-order valence-corrected chi connectivity index (χ3v) is 5.22. The maximum Gasteiger partial charge on any atom is 0.244 e. The van der Waals surface area contributed by atoms with Crippen LogP contribution in [0.25, 0.3) is 0 Å². The Morgan fingerprint density at radius 1 is 1.13 bits per heavy atom. The summed E-state index contributed by atoms with van der Waals surface area (Å²) in [6.07, 6.45) is 3.27. The molecule has 7 heteroatoms. The molecule has 168 valence electrons. The maximum absolute atomic E-state index is 12.5. The van der Waals surface area contributed by atoms with E-state index in [2.05, 4.69) is 34.6 Å². The standard InChI is InChI=1S/C24H32N4O2.HI/c1-18(2)30-22-10-8-21(9-11-22)27-24(25)26-17-23(29)28-14-12-20(13-15-28)16-19-6-4-3-5-7-19;/h3-11,18,20H,12-17H2,1-2H3,(H3,25,26,27);1H. The normalized spacial score (nSPS) is 14.8. The number of rotatable bonds is 7. The third-order valence-electron chi connectivity index (χ3n) is 5.22. The Morgan fingerprint density at radius 2 is 1.77 bits per heavy atom. The summed E-state index contributed by atoms with van der Waals surface area (Å²) < 4.78 is 5.62. The SMILES string of the molecule is CC(C)Oc1ccc(NC(N)=NCC(=O)N2CCC(Cc3ccccc3)CC2)cc1.I. The predicted octanol–water partition coefficient (Wildman–Crippen LogP) is 4.30. The lowest BCUT2D eigenvalue weighted by Crippen LogP contribution is -2.40. The number of anilines is 1. The topological polar surface area (TPSA) is 80.0 Å². The third kappa shape index (κ3) is 8.40. The van der Waals surface area contributed by atoms with Crippen molar-refractivity contribution in [2.45, 2.75) is 39.2 Å². The van der Waals surface area contributed by atoms with E-state index in [0.29, 0.717) is 5.92 Å². The van der Waals surface area contributed by atoms with Gasteiger partial charge in [0.25, 0.3) is 0 Å². The minimum Gasteiger partial charge on any atom is -0.491 e. The molecule has 1 aliphatic heterocycles. The summed E-state index contributed by atoms with van der Waals surface area (Å²) in [5.74, 6) is 1.70. The summed E-state index contributed by atoms with van der Waals surface area (Å²) in [5, 5.41) is 3.02. The largest absolute Gasteiger partial charge is 0.491 e. The van der Waals surface area contributed by atoms with E-state index in [4.69, 9.17) is 10.5 Å². The van der Waals surface area contributed by atoms with E-state index < -0.39 is 0 Å². The maximum atomic E-state index is 12.5. The number of nitrogens with one attached hydrogen (secondary N) is 1. The van der Waals surface area contributed by atoms with Crippen molar-refractivity contribution in [3.8, 4) is 5.75 Å². The average Bonchev–Trinajstić information content (AvgIpc) is 2.74. The molecule has 1 saturated heterocycles. The second kappa shape index (κ2) is 12.5. The highest BCUT2D eigenvalue weighted by Gasteiger charge is 2.22. The van der Waals surface area contributed by atoms with Gasteiger partial charge < -0.3 is 20.7 Å². The van der Waals surface area contributed by atoms with Crippen LogP contribution in [0.1, 0.15) is 32.3 Å². The second-order valence-corrected chi connectivity index (χ2v) is 8.03. The summed E-state index contributed by atoms with van der Waals surface area (Å²) in [4.78, 5) is 18.6. The van der Waals surface area contributed by atoms with Gasteiger partial charge in [-0.3, -0.25) is 4.79 Å². The molecule has 3 rings (SSSR count). The van der Waals surface area contributed by atoms with E-state index in [0.717, 1.165) is 43.8 Å². The fraction of sp³-hybridized carbons (Fsp3) is 0.417. The molecule has 1 aliphatic rings. The smallest absolute Gasteiger partial charge is 0.244 e. The number of aliphatic imine (C=N–C) groups is 1. The number of hydrogen-bond donors (Lipinski definition) is 2. The summed E-state index contributed by atoms with van der Waals surface area (Å²) in [5.41, 5.74) is 8.12. The van der Waals surface area contributed by atoms with Crippen molar-refractivity contribution in [1.29, 1.82) is 0 Å². The molecule has 2 aromatic rings. The number of guanidine groups is 1. The number of nitrogens with zero attached hydrogens (tertiary/aromatic N) is 2. The van der Waals surface area contributed by atoms with Gasteiger partial charge in [-0.15, -0.1) is 24.0 Å². The highest BCUT2D eigenvalue weighted by molar-refractivity contribution is 14.0. The zero-order chi connectivity index (χ0) is 21.3. The van der Waals surface area contributed by atoms with E-state index in [9.17, 15) is 4.79 Å². The fourth-order valence-corrected chi connectivity index (χ4v) is 3.66. The van der Waals surface area contributed by atoms with Crippen LogP contribution in [0.5, 0.6) is 5.75 Å². The first-order chi connectivity index (χ1) is 14.5. The van der Waals surface area contributed by atoms with Crippen molar-refractivity contribution in [3.05, 3.63) is 60.2 Å². The number of hydrogen-bond acceptors (Lipinski definition) is 3. The molecular formula is C24H33IN4O2. The first-order valence-electron chi connectivity index (χ1n) is 10.6. The van der Waals surface area contributed by atoms with Crippen molar-refractivity contribution in [1.82, 2.24) is 4.90 Å². The Hall–Kier alpha value is -2.29. The Morgan fingerprint density at radius 3 is 2.39 bits per heavy atom. The lowest BCUT2D eigenvalue weighted by atomic mass is 9.90. The van der Waals surface area contributed by atoms with E-state index in [1.165, 1.54) is 5.56 Å². The van der Waals surface area contributed by atoms with E-state index in [-0.39, 0.29) is 48.5 Å². The molecule has 0 radical (unpaired) electrons. The molecule has 0 bridgehead atoms. The summed E-state index contributed by atoms with van der Waals surface area (Å²) >= 11 is 0. The zero-order valence-corrected chi connectivity index (χ0v) is 20.6. The van der Waals surface area contributed by atoms with Crippen LogP contribution in [0.15, 0.2) is 59.6 Å². The first-order valence-corrected chi connectivity index (χ1v) is 10.6. The van der Waals surface area contributed by atoms with Crippen molar-refractivity contribution < 1.29 is 9.53 Å². The monoisotopic (exact) mass is 536 g/mol. The summed E-state index contributed by atoms with van der Waals surface area (Å²) in [7, 11) is 0. The van der Waals surface area contributed by atoms with E-state index in [1.54, 1.807) is 0 Å². The van der Waals surface area contributed by atoms with Crippen molar-refractivity contribution in [3.63, 3.8) is 0 Å². The van der Waals surface area contributed by atoms with Crippen molar-refractivity contribution in [2.75, 3.05) is 25.0 Å². The van der Waals surface area contributed by atoms with Gasteiger partial charge in [-0.25, -0.2) is 4.99 Å². The first kappa shape index (κ1) is 25.0. The van der Waals surface area contributed by atoms with Crippen LogP contribution >= 0.6 is 24.0 Å². The van der Waals surface area contributed by atoms with Crippen molar-refractivity contribution >= 4 is 41.5 Å². The van der Waals surface area contributed by atoms with Crippen LogP contribution in [-0.2, 0) is 11.2 Å². The Balaban J connectivity index is 0.00000341.